The molecule has 2 aromatic rings. The maximum atomic E-state index is 12.4. The lowest BCUT2D eigenvalue weighted by Gasteiger charge is -2.25. The van der Waals surface area contributed by atoms with Crippen LogP contribution in [0.1, 0.15) is 46.7 Å². The molecule has 0 aliphatic heterocycles. The summed E-state index contributed by atoms with van der Waals surface area (Å²) < 4.78 is 0.850. The zero-order chi connectivity index (χ0) is 13.2. The summed E-state index contributed by atoms with van der Waals surface area (Å²) in [5.41, 5.74) is 2.85. The third-order valence-corrected chi connectivity index (χ3v) is 4.56. The Kier molecular flexibility index (Phi) is 3.52. The molecule has 3 rings (SSSR count). The molecule has 0 N–H and O–H groups in total. The van der Waals surface area contributed by atoms with Gasteiger partial charge in [-0.05, 0) is 36.5 Å². The average molecular weight is 315 g/mol. The highest BCUT2D eigenvalue weighted by molar-refractivity contribution is 9.10. The summed E-state index contributed by atoms with van der Waals surface area (Å²) in [6, 6.07) is 15.7. The molecule has 1 aliphatic carbocycles. The maximum absolute atomic E-state index is 12.4. The molecular weight excluding hydrogens is 300 g/mol. The summed E-state index contributed by atoms with van der Waals surface area (Å²) in [5, 5.41) is 0. The minimum absolute atomic E-state index is 0.0765. The van der Waals surface area contributed by atoms with E-state index in [1.807, 2.05) is 36.4 Å². The third-order valence-electron chi connectivity index (χ3n) is 3.87. The van der Waals surface area contributed by atoms with Crippen LogP contribution in [0, 0.1) is 0 Å². The van der Waals surface area contributed by atoms with Gasteiger partial charge >= 0.3 is 0 Å². The lowest BCUT2D eigenvalue weighted by atomic mass is 9.80. The first-order valence-corrected chi connectivity index (χ1v) is 7.44. The molecule has 0 amide bonds. The second-order valence-electron chi connectivity index (χ2n) is 5.06. The molecule has 0 heterocycles. The van der Waals surface area contributed by atoms with Gasteiger partial charge in [0.25, 0.3) is 0 Å². The van der Waals surface area contributed by atoms with Crippen LogP contribution in [0.4, 0.5) is 0 Å². The van der Waals surface area contributed by atoms with Gasteiger partial charge in [-0.3, -0.25) is 4.79 Å². The molecule has 2 aromatic carbocycles. The molecule has 0 spiro atoms. The number of hydrogen-bond donors (Lipinski definition) is 0. The van der Waals surface area contributed by atoms with Crippen LogP contribution in [-0.2, 0) is 0 Å². The van der Waals surface area contributed by atoms with Gasteiger partial charge in [0.2, 0.25) is 0 Å². The number of hydrogen-bond acceptors (Lipinski definition) is 1. The van der Waals surface area contributed by atoms with Crippen molar-refractivity contribution in [2.75, 3.05) is 0 Å². The lowest BCUT2D eigenvalue weighted by molar-refractivity contribution is 0.103. The second-order valence-corrected chi connectivity index (χ2v) is 5.91. The van der Waals surface area contributed by atoms with Crippen LogP contribution >= 0.6 is 15.9 Å². The van der Waals surface area contributed by atoms with E-state index >= 15 is 0 Å². The summed E-state index contributed by atoms with van der Waals surface area (Å²) in [4.78, 5) is 12.4. The first-order chi connectivity index (χ1) is 9.25. The largest absolute Gasteiger partial charge is 0.289 e. The van der Waals surface area contributed by atoms with Crippen LogP contribution in [-0.4, -0.2) is 5.78 Å². The van der Waals surface area contributed by atoms with Gasteiger partial charge in [0.1, 0.15) is 0 Å². The van der Waals surface area contributed by atoms with Crippen molar-refractivity contribution < 1.29 is 4.79 Å². The molecule has 96 valence electrons. The number of rotatable bonds is 3. The lowest BCUT2D eigenvalue weighted by Crippen LogP contribution is -2.09. The van der Waals surface area contributed by atoms with Gasteiger partial charge in [-0.15, -0.1) is 0 Å². The van der Waals surface area contributed by atoms with E-state index in [1.54, 1.807) is 0 Å². The second kappa shape index (κ2) is 5.30. The zero-order valence-corrected chi connectivity index (χ0v) is 12.2. The SMILES string of the molecule is O=C(c1ccc(C2CCC2)cc1)c1ccccc1Br. The topological polar surface area (TPSA) is 17.1 Å². The zero-order valence-electron chi connectivity index (χ0n) is 10.6. The maximum Gasteiger partial charge on any atom is 0.194 e. The van der Waals surface area contributed by atoms with E-state index in [0.717, 1.165) is 15.6 Å². The van der Waals surface area contributed by atoms with E-state index in [4.69, 9.17) is 0 Å². The average Bonchev–Trinajstić information content (AvgIpc) is 2.37. The Morgan fingerprint density at radius 2 is 1.68 bits per heavy atom. The summed E-state index contributed by atoms with van der Waals surface area (Å²) >= 11 is 3.43. The van der Waals surface area contributed by atoms with Crippen molar-refractivity contribution in [2.24, 2.45) is 0 Å². The van der Waals surface area contributed by atoms with Crippen molar-refractivity contribution in [3.8, 4) is 0 Å². The molecule has 2 heteroatoms. The van der Waals surface area contributed by atoms with E-state index in [0.29, 0.717) is 5.92 Å². The quantitative estimate of drug-likeness (QED) is 0.733. The predicted molar refractivity (Wildman–Crippen MR) is 80.6 cm³/mol. The van der Waals surface area contributed by atoms with Gasteiger partial charge in [0.15, 0.2) is 5.78 Å². The first kappa shape index (κ1) is 12.6. The highest BCUT2D eigenvalue weighted by atomic mass is 79.9. The summed E-state index contributed by atoms with van der Waals surface area (Å²) in [6.07, 6.45) is 3.91. The first-order valence-electron chi connectivity index (χ1n) is 6.65. The third kappa shape index (κ3) is 2.50. The fourth-order valence-corrected chi connectivity index (χ4v) is 2.91. The summed E-state index contributed by atoms with van der Waals surface area (Å²) in [6.45, 7) is 0. The molecule has 19 heavy (non-hydrogen) atoms. The van der Waals surface area contributed by atoms with E-state index in [1.165, 1.54) is 24.8 Å². The molecule has 0 radical (unpaired) electrons. The van der Waals surface area contributed by atoms with Gasteiger partial charge in [-0.1, -0.05) is 58.7 Å². The minimum Gasteiger partial charge on any atom is -0.289 e. The van der Waals surface area contributed by atoms with E-state index in [-0.39, 0.29) is 5.78 Å². The number of carbonyl (C=O) groups is 1. The molecule has 0 saturated heterocycles. The van der Waals surface area contributed by atoms with Crippen molar-refractivity contribution in [2.45, 2.75) is 25.2 Å². The van der Waals surface area contributed by atoms with Crippen LogP contribution in [0.15, 0.2) is 53.0 Å². The number of ketones is 1. The van der Waals surface area contributed by atoms with Crippen LogP contribution < -0.4 is 0 Å². The van der Waals surface area contributed by atoms with Crippen LogP contribution in [0.3, 0.4) is 0 Å². The molecule has 0 unspecified atom stereocenters. The van der Waals surface area contributed by atoms with E-state index in [2.05, 4.69) is 28.1 Å². The van der Waals surface area contributed by atoms with Gasteiger partial charge < -0.3 is 0 Å². The van der Waals surface area contributed by atoms with Crippen molar-refractivity contribution >= 4 is 21.7 Å². The highest BCUT2D eigenvalue weighted by Crippen LogP contribution is 2.36. The van der Waals surface area contributed by atoms with Crippen LogP contribution in [0.5, 0.6) is 0 Å². The predicted octanol–water partition coefficient (Wildman–Crippen LogP) is 4.95. The number of halogens is 1. The highest BCUT2D eigenvalue weighted by Gasteiger charge is 2.19. The fraction of sp³-hybridized carbons (Fsp3) is 0.235. The minimum atomic E-state index is 0.0765. The fourth-order valence-electron chi connectivity index (χ4n) is 2.45. The van der Waals surface area contributed by atoms with Crippen molar-refractivity contribution in [3.63, 3.8) is 0 Å². The Balaban J connectivity index is 1.86. The van der Waals surface area contributed by atoms with Crippen LogP contribution in [0.2, 0.25) is 0 Å². The molecular formula is C17H15BrO. The van der Waals surface area contributed by atoms with Crippen molar-refractivity contribution in [3.05, 3.63) is 69.7 Å². The Hall–Kier alpha value is -1.41. The standard InChI is InChI=1S/C17H15BrO/c18-16-7-2-1-6-15(16)17(19)14-10-8-13(9-11-14)12-4-3-5-12/h1-2,6-12H,3-5H2. The van der Waals surface area contributed by atoms with Crippen LogP contribution in [0.25, 0.3) is 0 Å². The molecule has 1 fully saturated rings. The summed E-state index contributed by atoms with van der Waals surface area (Å²) in [7, 11) is 0. The Labute approximate surface area is 121 Å². The molecule has 0 aromatic heterocycles. The Morgan fingerprint density at radius 3 is 2.26 bits per heavy atom. The molecule has 1 saturated carbocycles. The van der Waals surface area contributed by atoms with Crippen molar-refractivity contribution in [1.29, 1.82) is 0 Å². The molecule has 0 atom stereocenters. The van der Waals surface area contributed by atoms with Gasteiger partial charge in [-0.25, -0.2) is 0 Å². The van der Waals surface area contributed by atoms with Crippen molar-refractivity contribution in [1.82, 2.24) is 0 Å². The van der Waals surface area contributed by atoms with Gasteiger partial charge in [-0.2, -0.15) is 0 Å². The number of benzene rings is 2. The Morgan fingerprint density at radius 1 is 1.00 bits per heavy atom. The van der Waals surface area contributed by atoms with E-state index < -0.39 is 0 Å². The number of carbonyl (C=O) groups excluding carboxylic acids is 1. The normalized spacial score (nSPS) is 15.0. The van der Waals surface area contributed by atoms with E-state index in [9.17, 15) is 4.79 Å². The van der Waals surface area contributed by atoms with Gasteiger partial charge in [0, 0.05) is 15.6 Å². The smallest absolute Gasteiger partial charge is 0.194 e. The molecule has 1 aliphatic rings. The van der Waals surface area contributed by atoms with Gasteiger partial charge in [0.05, 0.1) is 0 Å². The molecule has 1 nitrogen and oxygen atoms in total. The summed E-state index contributed by atoms with van der Waals surface area (Å²) in [5.74, 6) is 0.792. The molecule has 0 bridgehead atoms. The monoisotopic (exact) mass is 314 g/mol. The Bertz CT molecular complexity index is 597.